The van der Waals surface area contributed by atoms with E-state index in [1.165, 1.54) is 6.33 Å². The van der Waals surface area contributed by atoms with Crippen LogP contribution in [-0.4, -0.2) is 14.5 Å². The monoisotopic (exact) mass is 279 g/mol. The third kappa shape index (κ3) is 1.99. The number of nitrogens with zero attached hydrogens (tertiary/aromatic N) is 4. The van der Waals surface area contributed by atoms with Crippen LogP contribution in [0, 0.1) is 11.3 Å². The van der Waals surface area contributed by atoms with Crippen LogP contribution in [0.15, 0.2) is 30.6 Å². The van der Waals surface area contributed by atoms with Crippen molar-refractivity contribution >= 4 is 28.4 Å². The summed E-state index contributed by atoms with van der Waals surface area (Å²) >= 11 is 0. The van der Waals surface area contributed by atoms with Crippen LogP contribution in [0.5, 0.6) is 0 Å². The van der Waals surface area contributed by atoms with Crippen molar-refractivity contribution in [2.75, 3.05) is 17.2 Å². The van der Waals surface area contributed by atoms with Crippen molar-refractivity contribution in [2.45, 2.75) is 6.54 Å². The van der Waals surface area contributed by atoms with Gasteiger partial charge in [-0.15, -0.1) is 0 Å². The number of nitrogen functional groups attached to an aromatic ring is 3. The van der Waals surface area contributed by atoms with Crippen LogP contribution in [0.4, 0.5) is 17.3 Å². The minimum atomic E-state index is 0.249. The number of anilines is 3. The van der Waals surface area contributed by atoms with E-state index in [9.17, 15) is 5.26 Å². The molecule has 0 aliphatic carbocycles. The molecule has 2 aromatic heterocycles. The fourth-order valence-corrected chi connectivity index (χ4v) is 2.29. The molecule has 0 aliphatic rings. The van der Waals surface area contributed by atoms with Crippen LogP contribution in [0.1, 0.15) is 11.1 Å². The maximum absolute atomic E-state index is 9.29. The first kappa shape index (κ1) is 12.7. The van der Waals surface area contributed by atoms with Crippen LogP contribution >= 0.6 is 0 Å². The molecule has 2 heterocycles. The van der Waals surface area contributed by atoms with Gasteiger partial charge in [0.2, 0.25) is 0 Å². The van der Waals surface area contributed by atoms with Crippen molar-refractivity contribution in [1.29, 1.82) is 5.26 Å². The Morgan fingerprint density at radius 1 is 1.10 bits per heavy atom. The van der Waals surface area contributed by atoms with Crippen LogP contribution in [0.3, 0.4) is 0 Å². The number of hydrogen-bond acceptors (Lipinski definition) is 6. The fraction of sp³-hybridized carbons (Fsp3) is 0.0714. The van der Waals surface area contributed by atoms with E-state index < -0.39 is 0 Å². The lowest BCUT2D eigenvalue weighted by molar-refractivity contribution is 0.834. The Morgan fingerprint density at radius 3 is 2.48 bits per heavy atom. The van der Waals surface area contributed by atoms with Gasteiger partial charge in [0.05, 0.1) is 11.9 Å². The van der Waals surface area contributed by atoms with E-state index >= 15 is 0 Å². The number of benzene rings is 1. The summed E-state index contributed by atoms with van der Waals surface area (Å²) in [7, 11) is 0. The summed E-state index contributed by atoms with van der Waals surface area (Å²) < 4.78 is 1.75. The first-order valence-electron chi connectivity index (χ1n) is 6.24. The SMILES string of the molecule is N#Cc1c(N)n(Cc2ccc(N)cc2)c2ncnc(N)c12. The van der Waals surface area contributed by atoms with Gasteiger partial charge in [0.15, 0.2) is 0 Å². The van der Waals surface area contributed by atoms with E-state index in [0.717, 1.165) is 5.56 Å². The molecule has 7 heteroatoms. The highest BCUT2D eigenvalue weighted by Gasteiger charge is 2.18. The highest BCUT2D eigenvalue weighted by Crippen LogP contribution is 2.30. The largest absolute Gasteiger partial charge is 0.399 e. The van der Waals surface area contributed by atoms with E-state index in [-0.39, 0.29) is 5.82 Å². The van der Waals surface area contributed by atoms with Gasteiger partial charge in [-0.2, -0.15) is 5.26 Å². The standard InChI is InChI=1S/C14H13N7/c15-5-10-11-12(17)19-7-20-14(11)21(13(10)18)6-8-1-3-9(16)4-2-8/h1-4,7H,6,16,18H2,(H2,17,19,20). The summed E-state index contributed by atoms with van der Waals surface area (Å²) in [6.07, 6.45) is 1.36. The lowest BCUT2D eigenvalue weighted by Gasteiger charge is -2.07. The lowest BCUT2D eigenvalue weighted by atomic mass is 10.2. The van der Waals surface area contributed by atoms with E-state index in [2.05, 4.69) is 16.0 Å². The van der Waals surface area contributed by atoms with Gasteiger partial charge in [-0.3, -0.25) is 0 Å². The summed E-state index contributed by atoms with van der Waals surface area (Å²) in [5.41, 5.74) is 20.1. The van der Waals surface area contributed by atoms with Gasteiger partial charge in [-0.1, -0.05) is 12.1 Å². The summed E-state index contributed by atoms with van der Waals surface area (Å²) in [6, 6.07) is 9.49. The second-order valence-corrected chi connectivity index (χ2v) is 4.66. The maximum atomic E-state index is 9.29. The van der Waals surface area contributed by atoms with Gasteiger partial charge in [0.1, 0.15) is 35.2 Å². The molecule has 21 heavy (non-hydrogen) atoms. The zero-order chi connectivity index (χ0) is 15.0. The lowest BCUT2D eigenvalue weighted by Crippen LogP contribution is -2.05. The molecule has 0 saturated carbocycles. The summed E-state index contributed by atoms with van der Waals surface area (Å²) in [6.45, 7) is 0.473. The van der Waals surface area contributed by atoms with Crippen molar-refractivity contribution < 1.29 is 0 Å². The molecule has 0 saturated heterocycles. The molecule has 0 amide bonds. The molecular weight excluding hydrogens is 266 g/mol. The third-order valence-corrected chi connectivity index (χ3v) is 3.34. The predicted molar refractivity (Wildman–Crippen MR) is 81.0 cm³/mol. The average molecular weight is 279 g/mol. The van der Waals surface area contributed by atoms with Crippen LogP contribution in [0.2, 0.25) is 0 Å². The Balaban J connectivity index is 2.19. The maximum Gasteiger partial charge on any atom is 0.148 e. The highest BCUT2D eigenvalue weighted by atomic mass is 15.1. The van der Waals surface area contributed by atoms with Crippen LogP contribution < -0.4 is 17.2 Å². The minimum Gasteiger partial charge on any atom is -0.399 e. The summed E-state index contributed by atoms with van der Waals surface area (Å²) in [5, 5.41) is 9.78. The zero-order valence-corrected chi connectivity index (χ0v) is 11.1. The van der Waals surface area contributed by atoms with Gasteiger partial charge < -0.3 is 21.8 Å². The Hall–Kier alpha value is -3.27. The van der Waals surface area contributed by atoms with Gasteiger partial charge in [-0.05, 0) is 17.7 Å². The summed E-state index contributed by atoms with van der Waals surface area (Å²) in [4.78, 5) is 8.12. The number of aromatic nitrogens is 3. The molecule has 3 aromatic rings. The van der Waals surface area contributed by atoms with Gasteiger partial charge in [0.25, 0.3) is 0 Å². The van der Waals surface area contributed by atoms with E-state index in [0.29, 0.717) is 34.6 Å². The zero-order valence-electron chi connectivity index (χ0n) is 11.1. The van der Waals surface area contributed by atoms with E-state index in [4.69, 9.17) is 17.2 Å². The molecule has 3 rings (SSSR count). The first-order valence-corrected chi connectivity index (χ1v) is 6.24. The fourth-order valence-electron chi connectivity index (χ4n) is 2.29. The number of nitriles is 1. The molecule has 7 nitrogen and oxygen atoms in total. The Morgan fingerprint density at radius 2 is 1.81 bits per heavy atom. The molecule has 0 atom stereocenters. The Labute approximate surface area is 120 Å². The Kier molecular flexibility index (Phi) is 2.84. The van der Waals surface area contributed by atoms with Crippen molar-refractivity contribution in [2.24, 2.45) is 0 Å². The second kappa shape index (κ2) is 4.68. The van der Waals surface area contributed by atoms with E-state index in [1.807, 2.05) is 24.3 Å². The predicted octanol–water partition coefficient (Wildman–Crippen LogP) is 1.10. The smallest absolute Gasteiger partial charge is 0.148 e. The van der Waals surface area contributed by atoms with Crippen molar-refractivity contribution in [3.8, 4) is 6.07 Å². The molecule has 0 unspecified atom stereocenters. The average Bonchev–Trinajstić information content (AvgIpc) is 2.75. The second-order valence-electron chi connectivity index (χ2n) is 4.66. The molecule has 0 fully saturated rings. The van der Waals surface area contributed by atoms with Crippen LogP contribution in [-0.2, 0) is 6.54 Å². The number of hydrogen-bond donors (Lipinski definition) is 3. The topological polar surface area (TPSA) is 133 Å². The van der Waals surface area contributed by atoms with Crippen LogP contribution in [0.25, 0.3) is 11.0 Å². The van der Waals surface area contributed by atoms with Gasteiger partial charge in [0, 0.05) is 5.69 Å². The molecule has 1 aromatic carbocycles. The van der Waals surface area contributed by atoms with Gasteiger partial charge >= 0.3 is 0 Å². The highest BCUT2D eigenvalue weighted by molar-refractivity contribution is 5.96. The van der Waals surface area contributed by atoms with Crippen molar-refractivity contribution in [3.63, 3.8) is 0 Å². The number of nitrogens with two attached hydrogens (primary N) is 3. The van der Waals surface area contributed by atoms with Crippen molar-refractivity contribution in [1.82, 2.24) is 14.5 Å². The van der Waals surface area contributed by atoms with Gasteiger partial charge in [-0.25, -0.2) is 9.97 Å². The normalized spacial score (nSPS) is 10.6. The Bertz CT molecular complexity index is 856. The molecule has 104 valence electrons. The molecule has 0 aliphatic heterocycles. The minimum absolute atomic E-state index is 0.249. The molecule has 6 N–H and O–H groups in total. The van der Waals surface area contributed by atoms with Crippen molar-refractivity contribution in [3.05, 3.63) is 41.7 Å². The number of rotatable bonds is 2. The summed E-state index contributed by atoms with van der Waals surface area (Å²) in [5.74, 6) is 0.579. The molecule has 0 radical (unpaired) electrons. The molecule has 0 bridgehead atoms. The first-order chi connectivity index (χ1) is 10.1. The third-order valence-electron chi connectivity index (χ3n) is 3.34. The van der Waals surface area contributed by atoms with E-state index in [1.54, 1.807) is 4.57 Å². The molecular formula is C14H13N7. The quantitative estimate of drug-likeness (QED) is 0.601. The molecule has 0 spiro atoms. The number of fused-ring (bicyclic) bond motifs is 1.